The second kappa shape index (κ2) is 6.83. The Morgan fingerprint density at radius 2 is 2.00 bits per heavy atom. The molecule has 2 aromatic rings. The topological polar surface area (TPSA) is 48.6 Å². The Balaban J connectivity index is 2.29. The van der Waals surface area contributed by atoms with Crippen molar-refractivity contribution in [1.82, 2.24) is 14.8 Å². The molecule has 5 heteroatoms. The van der Waals surface area contributed by atoms with Gasteiger partial charge in [-0.3, -0.25) is 0 Å². The maximum absolute atomic E-state index is 12.2. The van der Waals surface area contributed by atoms with Crippen LogP contribution in [0.4, 0.5) is 4.79 Å². The molecule has 22 heavy (non-hydrogen) atoms. The van der Waals surface area contributed by atoms with E-state index in [4.69, 9.17) is 4.74 Å². The molecule has 2 rings (SSSR count). The summed E-state index contributed by atoms with van der Waals surface area (Å²) in [6.07, 6.45) is 2.57. The van der Waals surface area contributed by atoms with Gasteiger partial charge in [0.2, 0.25) is 0 Å². The van der Waals surface area contributed by atoms with Crippen molar-refractivity contribution in [3.05, 3.63) is 30.0 Å². The van der Waals surface area contributed by atoms with Gasteiger partial charge in [-0.1, -0.05) is 6.07 Å². The number of rotatable bonds is 5. The molecule has 1 amide bonds. The van der Waals surface area contributed by atoms with Crippen LogP contribution >= 0.6 is 0 Å². The van der Waals surface area contributed by atoms with E-state index in [1.54, 1.807) is 11.9 Å². The Kier molecular flexibility index (Phi) is 5.08. The number of aromatic amines is 1. The Hall–Kier alpha value is -2.01. The minimum atomic E-state index is -0.331. The summed E-state index contributed by atoms with van der Waals surface area (Å²) in [5.74, 6) is 0.616. The molecule has 1 N–H and O–H groups in total. The van der Waals surface area contributed by atoms with E-state index < -0.39 is 0 Å². The van der Waals surface area contributed by atoms with Crippen LogP contribution in [0.3, 0.4) is 0 Å². The summed E-state index contributed by atoms with van der Waals surface area (Å²) in [5, 5.41) is 0.995. The van der Waals surface area contributed by atoms with Crippen molar-refractivity contribution in [2.45, 2.75) is 26.3 Å². The van der Waals surface area contributed by atoms with Crippen molar-refractivity contribution < 1.29 is 9.53 Å². The molecule has 0 aliphatic heterocycles. The first kappa shape index (κ1) is 16.4. The highest BCUT2D eigenvalue weighted by Crippen LogP contribution is 2.29. The van der Waals surface area contributed by atoms with Crippen LogP contribution in [0.25, 0.3) is 10.9 Å². The van der Waals surface area contributed by atoms with Gasteiger partial charge in [-0.25, -0.2) is 4.79 Å². The second-order valence-electron chi connectivity index (χ2n) is 6.12. The third kappa shape index (κ3) is 3.60. The average molecular weight is 303 g/mol. The zero-order valence-electron chi connectivity index (χ0n) is 14.0. The summed E-state index contributed by atoms with van der Waals surface area (Å²) in [6, 6.07) is 5.84. The highest BCUT2D eigenvalue weighted by Gasteiger charge is 2.17. The minimum absolute atomic E-state index is 0.103. The van der Waals surface area contributed by atoms with Gasteiger partial charge in [0.15, 0.2) is 0 Å². The van der Waals surface area contributed by atoms with Gasteiger partial charge in [-0.2, -0.15) is 0 Å². The maximum atomic E-state index is 12.2. The van der Waals surface area contributed by atoms with Crippen molar-refractivity contribution in [3.63, 3.8) is 0 Å². The summed E-state index contributed by atoms with van der Waals surface area (Å²) >= 11 is 0. The van der Waals surface area contributed by atoms with Crippen molar-refractivity contribution in [2.24, 2.45) is 0 Å². The zero-order valence-corrected chi connectivity index (χ0v) is 14.0. The number of hydrogen-bond acceptors (Lipinski definition) is 3. The summed E-state index contributed by atoms with van der Waals surface area (Å²) < 4.78 is 5.61. The molecule has 0 fully saturated rings. The van der Waals surface area contributed by atoms with Gasteiger partial charge in [0, 0.05) is 36.7 Å². The number of likely N-dealkylation sites (N-methyl/N-ethyl adjacent to an activating group) is 1. The van der Waals surface area contributed by atoms with Crippen LogP contribution in [0.1, 0.15) is 19.4 Å². The Morgan fingerprint density at radius 3 is 2.64 bits per heavy atom. The summed E-state index contributed by atoms with van der Waals surface area (Å²) in [7, 11) is 5.85. The molecule has 1 heterocycles. The highest BCUT2D eigenvalue weighted by atomic mass is 16.6. The first-order valence-electron chi connectivity index (χ1n) is 7.58. The van der Waals surface area contributed by atoms with Gasteiger partial charge in [-0.05, 0) is 52.1 Å². The molecule has 0 atom stereocenters. The van der Waals surface area contributed by atoms with Gasteiger partial charge in [0.1, 0.15) is 5.75 Å². The Morgan fingerprint density at radius 1 is 1.27 bits per heavy atom. The Labute approximate surface area is 131 Å². The van der Waals surface area contributed by atoms with Crippen LogP contribution < -0.4 is 4.74 Å². The largest absolute Gasteiger partial charge is 0.415 e. The molecule has 0 saturated carbocycles. The number of carbonyl (C=O) groups is 1. The van der Waals surface area contributed by atoms with E-state index in [0.717, 1.165) is 23.9 Å². The molecular formula is C17H25N3O2. The van der Waals surface area contributed by atoms with Crippen LogP contribution in [0, 0.1) is 0 Å². The molecule has 1 aromatic carbocycles. The predicted molar refractivity (Wildman–Crippen MR) is 89.5 cm³/mol. The normalized spacial score (nSPS) is 11.4. The summed E-state index contributed by atoms with van der Waals surface area (Å²) in [5.41, 5.74) is 2.16. The first-order valence-corrected chi connectivity index (χ1v) is 7.58. The molecule has 0 aliphatic rings. The van der Waals surface area contributed by atoms with E-state index in [0.29, 0.717) is 5.75 Å². The third-order valence-electron chi connectivity index (χ3n) is 3.84. The molecule has 120 valence electrons. The average Bonchev–Trinajstić information content (AvgIpc) is 2.88. The van der Waals surface area contributed by atoms with Crippen molar-refractivity contribution in [3.8, 4) is 5.75 Å². The fraction of sp³-hybridized carbons (Fsp3) is 0.471. The summed E-state index contributed by atoms with van der Waals surface area (Å²) in [4.78, 5) is 19.2. The number of hydrogen-bond donors (Lipinski definition) is 1. The van der Waals surface area contributed by atoms with E-state index in [2.05, 4.69) is 9.88 Å². The number of benzene rings is 1. The molecule has 0 aliphatic carbocycles. The monoisotopic (exact) mass is 303 g/mol. The van der Waals surface area contributed by atoms with Crippen molar-refractivity contribution in [2.75, 3.05) is 27.7 Å². The number of nitrogens with zero attached hydrogens (tertiary/aromatic N) is 2. The molecule has 0 saturated heterocycles. The van der Waals surface area contributed by atoms with Gasteiger partial charge in [0.05, 0.1) is 0 Å². The van der Waals surface area contributed by atoms with Crippen molar-refractivity contribution >= 4 is 17.0 Å². The predicted octanol–water partition coefficient (Wildman–Crippen LogP) is 3.11. The van der Waals surface area contributed by atoms with Gasteiger partial charge < -0.3 is 19.5 Å². The molecule has 0 radical (unpaired) electrons. The lowest BCUT2D eigenvalue weighted by Gasteiger charge is -2.21. The molecule has 1 aromatic heterocycles. The number of fused-ring (bicyclic) bond motifs is 1. The second-order valence-corrected chi connectivity index (χ2v) is 6.12. The maximum Gasteiger partial charge on any atom is 0.415 e. The third-order valence-corrected chi connectivity index (χ3v) is 3.84. The Bertz CT molecular complexity index is 646. The number of ether oxygens (including phenoxy) is 1. The lowest BCUT2D eigenvalue weighted by molar-refractivity contribution is 0.152. The van der Waals surface area contributed by atoms with Crippen LogP contribution in [-0.2, 0) is 6.42 Å². The van der Waals surface area contributed by atoms with Gasteiger partial charge in [-0.15, -0.1) is 0 Å². The zero-order chi connectivity index (χ0) is 16.3. The van der Waals surface area contributed by atoms with Crippen LogP contribution in [-0.4, -0.2) is 54.6 Å². The van der Waals surface area contributed by atoms with Crippen LogP contribution in [0.5, 0.6) is 5.75 Å². The smallest absolute Gasteiger partial charge is 0.409 e. The molecule has 5 nitrogen and oxygen atoms in total. The first-order chi connectivity index (χ1) is 10.4. The lowest BCUT2D eigenvalue weighted by atomic mass is 10.1. The van der Waals surface area contributed by atoms with Gasteiger partial charge in [0.25, 0.3) is 0 Å². The number of amides is 1. The molecule has 0 unspecified atom stereocenters. The van der Waals surface area contributed by atoms with E-state index in [-0.39, 0.29) is 12.1 Å². The minimum Gasteiger partial charge on any atom is -0.409 e. The molecule has 0 bridgehead atoms. The quantitative estimate of drug-likeness (QED) is 0.923. The van der Waals surface area contributed by atoms with Crippen LogP contribution in [0.15, 0.2) is 24.4 Å². The van der Waals surface area contributed by atoms with E-state index in [1.807, 2.05) is 52.3 Å². The van der Waals surface area contributed by atoms with E-state index >= 15 is 0 Å². The number of carbonyl (C=O) groups excluding carboxylic acids is 1. The fourth-order valence-electron chi connectivity index (χ4n) is 2.22. The van der Waals surface area contributed by atoms with Crippen molar-refractivity contribution in [1.29, 1.82) is 0 Å². The lowest BCUT2D eigenvalue weighted by Crippen LogP contribution is -2.35. The summed E-state index contributed by atoms with van der Waals surface area (Å²) in [6.45, 7) is 4.86. The van der Waals surface area contributed by atoms with E-state index in [1.165, 1.54) is 5.56 Å². The molecule has 0 spiro atoms. The SMILES string of the molecule is CC(C)N(C)C(=O)Oc1cccc2[nH]cc(CCN(C)C)c12. The molecular weight excluding hydrogens is 278 g/mol. The van der Waals surface area contributed by atoms with Crippen LogP contribution in [0.2, 0.25) is 0 Å². The van der Waals surface area contributed by atoms with Gasteiger partial charge >= 0.3 is 6.09 Å². The number of H-pyrrole nitrogens is 1. The number of aromatic nitrogens is 1. The van der Waals surface area contributed by atoms with E-state index in [9.17, 15) is 4.79 Å². The fourth-order valence-corrected chi connectivity index (χ4v) is 2.22. The number of nitrogens with one attached hydrogen (secondary N) is 1. The standard InChI is InChI=1S/C17H25N3O2/c1-12(2)20(5)17(21)22-15-8-6-7-14-16(15)13(11-18-14)9-10-19(3)4/h6-8,11-12,18H,9-10H2,1-5H3. The highest BCUT2D eigenvalue weighted by molar-refractivity contribution is 5.91.